The van der Waals surface area contributed by atoms with Crippen LogP contribution < -0.4 is 0 Å². The lowest BCUT2D eigenvalue weighted by Crippen LogP contribution is -1.79. The minimum Gasteiger partial charge on any atom is -0.103 e. The first-order chi connectivity index (χ1) is 5.81. The SMILES string of the molecule is C=CC/C=C(\C)CCCCCC. The van der Waals surface area contributed by atoms with Gasteiger partial charge in [0.15, 0.2) is 0 Å². The number of unbranched alkanes of at least 4 members (excludes halogenated alkanes) is 3. The minimum absolute atomic E-state index is 1.03. The van der Waals surface area contributed by atoms with Crippen LogP contribution in [-0.2, 0) is 0 Å². The molecule has 0 aromatic carbocycles. The zero-order valence-corrected chi connectivity index (χ0v) is 8.60. The summed E-state index contributed by atoms with van der Waals surface area (Å²) in [7, 11) is 0. The predicted octanol–water partition coefficient (Wildman–Crippen LogP) is 4.48. The number of hydrogen-bond acceptors (Lipinski definition) is 0. The van der Waals surface area contributed by atoms with Gasteiger partial charge in [0.05, 0.1) is 0 Å². The van der Waals surface area contributed by atoms with Crippen molar-refractivity contribution in [1.82, 2.24) is 0 Å². The van der Waals surface area contributed by atoms with Gasteiger partial charge in [-0.05, 0) is 26.2 Å². The molecule has 0 atom stereocenters. The van der Waals surface area contributed by atoms with E-state index in [2.05, 4.69) is 26.5 Å². The van der Waals surface area contributed by atoms with Crippen molar-refractivity contribution in [3.63, 3.8) is 0 Å². The van der Waals surface area contributed by atoms with Gasteiger partial charge in [-0.2, -0.15) is 0 Å². The van der Waals surface area contributed by atoms with E-state index in [1.807, 2.05) is 6.08 Å². The van der Waals surface area contributed by atoms with Crippen molar-refractivity contribution >= 4 is 0 Å². The molecule has 0 aliphatic carbocycles. The Morgan fingerprint density at radius 2 is 2.00 bits per heavy atom. The number of hydrogen-bond donors (Lipinski definition) is 0. The zero-order valence-electron chi connectivity index (χ0n) is 8.60. The van der Waals surface area contributed by atoms with Crippen molar-refractivity contribution in [3.05, 3.63) is 24.3 Å². The molecular formula is C12H22. The van der Waals surface area contributed by atoms with Crippen LogP contribution in [0.5, 0.6) is 0 Å². The Balaban J connectivity index is 3.29. The third-order valence-corrected chi connectivity index (χ3v) is 2.06. The zero-order chi connectivity index (χ0) is 9.23. The summed E-state index contributed by atoms with van der Waals surface area (Å²) >= 11 is 0. The molecule has 0 unspecified atom stereocenters. The highest BCUT2D eigenvalue weighted by atomic mass is 14.0. The van der Waals surface area contributed by atoms with E-state index in [0.29, 0.717) is 0 Å². The summed E-state index contributed by atoms with van der Waals surface area (Å²) in [5.41, 5.74) is 1.52. The molecule has 0 spiro atoms. The molecule has 0 amide bonds. The van der Waals surface area contributed by atoms with Gasteiger partial charge >= 0.3 is 0 Å². The molecule has 0 saturated carbocycles. The van der Waals surface area contributed by atoms with E-state index in [4.69, 9.17) is 0 Å². The van der Waals surface area contributed by atoms with Crippen LogP contribution in [0.1, 0.15) is 52.4 Å². The van der Waals surface area contributed by atoms with Crippen molar-refractivity contribution in [1.29, 1.82) is 0 Å². The lowest BCUT2D eigenvalue weighted by Gasteiger charge is -1.99. The molecule has 70 valence electrons. The van der Waals surface area contributed by atoms with E-state index in [1.165, 1.54) is 37.7 Å². The van der Waals surface area contributed by atoms with Crippen molar-refractivity contribution < 1.29 is 0 Å². The Hall–Kier alpha value is -0.520. The van der Waals surface area contributed by atoms with Crippen LogP contribution in [0.2, 0.25) is 0 Å². The Morgan fingerprint density at radius 1 is 1.25 bits per heavy atom. The van der Waals surface area contributed by atoms with Gasteiger partial charge in [0.25, 0.3) is 0 Å². The largest absolute Gasteiger partial charge is 0.103 e. The summed E-state index contributed by atoms with van der Waals surface area (Å²) in [5, 5.41) is 0. The minimum atomic E-state index is 1.03. The fraction of sp³-hybridized carbons (Fsp3) is 0.667. The topological polar surface area (TPSA) is 0 Å². The molecular weight excluding hydrogens is 144 g/mol. The smallest absolute Gasteiger partial charge is 0.0169 e. The van der Waals surface area contributed by atoms with E-state index in [1.54, 1.807) is 0 Å². The maximum absolute atomic E-state index is 3.70. The van der Waals surface area contributed by atoms with Gasteiger partial charge in [0.1, 0.15) is 0 Å². The molecule has 12 heavy (non-hydrogen) atoms. The second-order valence-electron chi connectivity index (χ2n) is 3.39. The van der Waals surface area contributed by atoms with Gasteiger partial charge in [-0.15, -0.1) is 6.58 Å². The van der Waals surface area contributed by atoms with Crippen LogP contribution in [0.4, 0.5) is 0 Å². The molecule has 0 N–H and O–H groups in total. The van der Waals surface area contributed by atoms with E-state index < -0.39 is 0 Å². The normalized spacial score (nSPS) is 11.7. The second-order valence-corrected chi connectivity index (χ2v) is 3.39. The fourth-order valence-corrected chi connectivity index (χ4v) is 1.22. The first kappa shape index (κ1) is 11.5. The highest BCUT2D eigenvalue weighted by Crippen LogP contribution is 2.09. The molecule has 0 aromatic rings. The quantitative estimate of drug-likeness (QED) is 0.386. The lowest BCUT2D eigenvalue weighted by atomic mass is 10.1. The van der Waals surface area contributed by atoms with Crippen molar-refractivity contribution in [2.45, 2.75) is 52.4 Å². The van der Waals surface area contributed by atoms with Crippen LogP contribution in [0.15, 0.2) is 24.3 Å². The van der Waals surface area contributed by atoms with Gasteiger partial charge in [-0.1, -0.05) is 43.9 Å². The van der Waals surface area contributed by atoms with Gasteiger partial charge in [-0.3, -0.25) is 0 Å². The highest BCUT2D eigenvalue weighted by Gasteiger charge is 1.89. The molecule has 0 aromatic heterocycles. The highest BCUT2D eigenvalue weighted by molar-refractivity contribution is 5.00. The molecule has 0 fully saturated rings. The second kappa shape index (κ2) is 8.58. The lowest BCUT2D eigenvalue weighted by molar-refractivity contribution is 0.663. The first-order valence-electron chi connectivity index (χ1n) is 5.07. The third-order valence-electron chi connectivity index (χ3n) is 2.06. The van der Waals surface area contributed by atoms with Crippen molar-refractivity contribution in [3.8, 4) is 0 Å². The molecule has 0 aliphatic heterocycles. The van der Waals surface area contributed by atoms with E-state index in [9.17, 15) is 0 Å². The standard InChI is InChI=1S/C12H22/c1-4-6-8-9-11-12(3)10-7-5-2/h5,10H,2,4,6-9,11H2,1,3H3/b12-10+. The molecule has 0 saturated heterocycles. The van der Waals surface area contributed by atoms with Crippen molar-refractivity contribution in [2.24, 2.45) is 0 Å². The molecule has 0 heteroatoms. The maximum atomic E-state index is 3.70. The summed E-state index contributed by atoms with van der Waals surface area (Å²) in [6, 6.07) is 0. The molecule has 0 radical (unpaired) electrons. The van der Waals surface area contributed by atoms with Crippen LogP contribution in [0, 0.1) is 0 Å². The fourth-order valence-electron chi connectivity index (χ4n) is 1.22. The van der Waals surface area contributed by atoms with Gasteiger partial charge in [0.2, 0.25) is 0 Å². The Labute approximate surface area is 77.4 Å². The molecule has 0 aliphatic rings. The van der Waals surface area contributed by atoms with E-state index >= 15 is 0 Å². The van der Waals surface area contributed by atoms with E-state index in [0.717, 1.165) is 6.42 Å². The predicted molar refractivity (Wildman–Crippen MR) is 57.3 cm³/mol. The van der Waals surface area contributed by atoms with Crippen LogP contribution >= 0.6 is 0 Å². The van der Waals surface area contributed by atoms with Crippen LogP contribution in [0.25, 0.3) is 0 Å². The average molecular weight is 166 g/mol. The van der Waals surface area contributed by atoms with E-state index in [-0.39, 0.29) is 0 Å². The molecule has 0 heterocycles. The van der Waals surface area contributed by atoms with Gasteiger partial charge in [0, 0.05) is 0 Å². The Morgan fingerprint density at radius 3 is 2.58 bits per heavy atom. The summed E-state index contributed by atoms with van der Waals surface area (Å²) in [4.78, 5) is 0. The van der Waals surface area contributed by atoms with Gasteiger partial charge < -0.3 is 0 Å². The Bertz CT molecular complexity index is 131. The van der Waals surface area contributed by atoms with Crippen LogP contribution in [0.3, 0.4) is 0 Å². The maximum Gasteiger partial charge on any atom is -0.0169 e. The average Bonchev–Trinajstić information content (AvgIpc) is 2.09. The summed E-state index contributed by atoms with van der Waals surface area (Å²) in [6.45, 7) is 8.17. The van der Waals surface area contributed by atoms with Crippen LogP contribution in [-0.4, -0.2) is 0 Å². The summed E-state index contributed by atoms with van der Waals surface area (Å²) in [6.07, 6.45) is 12.0. The first-order valence-corrected chi connectivity index (χ1v) is 5.07. The molecule has 0 rings (SSSR count). The third kappa shape index (κ3) is 7.59. The molecule has 0 bridgehead atoms. The Kier molecular flexibility index (Phi) is 8.20. The number of allylic oxidation sites excluding steroid dienone is 3. The monoisotopic (exact) mass is 166 g/mol. The summed E-state index contributed by atoms with van der Waals surface area (Å²) in [5.74, 6) is 0. The van der Waals surface area contributed by atoms with Crippen molar-refractivity contribution in [2.75, 3.05) is 0 Å². The number of rotatable bonds is 7. The molecule has 0 nitrogen and oxygen atoms in total. The summed E-state index contributed by atoms with van der Waals surface area (Å²) < 4.78 is 0. The van der Waals surface area contributed by atoms with Gasteiger partial charge in [-0.25, -0.2) is 0 Å².